The van der Waals surface area contributed by atoms with Gasteiger partial charge in [0, 0.05) is 13.6 Å². The van der Waals surface area contributed by atoms with Crippen LogP contribution in [-0.2, 0) is 17.8 Å². The number of carbonyl (C=O) groups excluding carboxylic acids is 1. The van der Waals surface area contributed by atoms with E-state index < -0.39 is 0 Å². The number of hydrogen-bond donors (Lipinski definition) is 0. The number of likely N-dealkylation sites (N-methyl/N-ethyl adjacent to an activating group) is 1. The lowest BCUT2D eigenvalue weighted by molar-refractivity contribution is -0.131. The van der Waals surface area contributed by atoms with E-state index in [9.17, 15) is 4.79 Å². The molecule has 2 aromatic carbocycles. The van der Waals surface area contributed by atoms with Crippen LogP contribution in [0.15, 0.2) is 54.6 Å². The summed E-state index contributed by atoms with van der Waals surface area (Å²) in [6.07, 6.45) is 1.08. The molecule has 0 aliphatic carbocycles. The van der Waals surface area contributed by atoms with Crippen molar-refractivity contribution in [2.45, 2.75) is 39.7 Å². The van der Waals surface area contributed by atoms with Gasteiger partial charge in [-0.25, -0.2) is 0 Å². The van der Waals surface area contributed by atoms with Crippen molar-refractivity contribution in [2.75, 3.05) is 7.05 Å². The molecule has 0 spiro atoms. The van der Waals surface area contributed by atoms with E-state index in [2.05, 4.69) is 50.2 Å². The minimum atomic E-state index is -0.114. The van der Waals surface area contributed by atoms with Gasteiger partial charge in [0.15, 0.2) is 0 Å². The van der Waals surface area contributed by atoms with Crippen LogP contribution in [0.25, 0.3) is 0 Å². The van der Waals surface area contributed by atoms with Gasteiger partial charge in [-0.3, -0.25) is 4.79 Å². The summed E-state index contributed by atoms with van der Waals surface area (Å²) in [7, 11) is 1.87. The van der Waals surface area contributed by atoms with Crippen molar-refractivity contribution in [3.63, 3.8) is 0 Å². The van der Waals surface area contributed by atoms with Crippen LogP contribution in [-0.4, -0.2) is 17.9 Å². The van der Waals surface area contributed by atoms with Crippen molar-refractivity contribution in [1.29, 1.82) is 0 Å². The zero-order valence-corrected chi connectivity index (χ0v) is 14.6. The summed E-state index contributed by atoms with van der Waals surface area (Å²) in [5.74, 6) is 0.694. The molecule has 0 aliphatic heterocycles. The minimum absolute atomic E-state index is 0.114. The lowest BCUT2D eigenvalue weighted by Crippen LogP contribution is -2.30. The molecule has 122 valence electrons. The summed E-state index contributed by atoms with van der Waals surface area (Å²) >= 11 is 0. The Kier molecular flexibility index (Phi) is 5.97. The smallest absolute Gasteiger partial charge is 0.229 e. The number of benzene rings is 2. The first-order chi connectivity index (χ1) is 11.0. The highest BCUT2D eigenvalue weighted by Crippen LogP contribution is 2.20. The van der Waals surface area contributed by atoms with E-state index in [0.29, 0.717) is 12.5 Å². The zero-order chi connectivity index (χ0) is 16.8. The van der Waals surface area contributed by atoms with Crippen LogP contribution in [0, 0.1) is 5.92 Å². The Bertz CT molecular complexity index is 616. The number of amides is 1. The van der Waals surface area contributed by atoms with E-state index >= 15 is 0 Å². The summed E-state index contributed by atoms with van der Waals surface area (Å²) in [6, 6.07) is 18.6. The quantitative estimate of drug-likeness (QED) is 0.761. The Hall–Kier alpha value is -2.09. The minimum Gasteiger partial charge on any atom is -0.341 e. The molecular formula is C21H27NO. The number of rotatable bonds is 6. The molecule has 1 unspecified atom stereocenters. The molecule has 0 fully saturated rings. The second-order valence-corrected chi connectivity index (χ2v) is 6.74. The fraction of sp³-hybridized carbons (Fsp3) is 0.381. The number of hydrogen-bond acceptors (Lipinski definition) is 1. The Balaban J connectivity index is 2.01. The molecule has 0 heterocycles. The molecule has 0 aliphatic rings. The van der Waals surface area contributed by atoms with Gasteiger partial charge < -0.3 is 4.90 Å². The largest absolute Gasteiger partial charge is 0.341 e. The van der Waals surface area contributed by atoms with Crippen molar-refractivity contribution < 1.29 is 4.79 Å². The third-order valence-corrected chi connectivity index (χ3v) is 4.13. The predicted molar refractivity (Wildman–Crippen MR) is 96.3 cm³/mol. The molecule has 1 atom stereocenters. The zero-order valence-electron chi connectivity index (χ0n) is 14.6. The van der Waals surface area contributed by atoms with Crippen LogP contribution < -0.4 is 0 Å². The Labute approximate surface area is 140 Å². The van der Waals surface area contributed by atoms with Crippen molar-refractivity contribution in [3.05, 3.63) is 71.3 Å². The monoisotopic (exact) mass is 309 g/mol. The maximum atomic E-state index is 12.6. The molecule has 0 bridgehead atoms. The maximum absolute atomic E-state index is 12.6. The normalized spacial score (nSPS) is 12.2. The van der Waals surface area contributed by atoms with Crippen molar-refractivity contribution in [3.8, 4) is 0 Å². The highest BCUT2D eigenvalue weighted by atomic mass is 16.2. The van der Waals surface area contributed by atoms with Crippen LogP contribution in [0.3, 0.4) is 0 Å². The molecule has 23 heavy (non-hydrogen) atoms. The van der Waals surface area contributed by atoms with Crippen LogP contribution in [0.1, 0.15) is 43.4 Å². The molecular weight excluding hydrogens is 282 g/mol. The number of nitrogens with zero attached hydrogens (tertiary/aromatic N) is 1. The molecule has 2 rings (SSSR count). The standard InChI is InChI=1S/C21H27NO/c1-16(2)14-18-10-12-20(13-11-18)17(3)21(23)22(4)15-19-8-6-5-7-9-19/h5-13,16-17H,14-15H2,1-4H3. The van der Waals surface area contributed by atoms with Crippen molar-refractivity contribution >= 4 is 5.91 Å². The van der Waals surface area contributed by atoms with Crippen molar-refractivity contribution in [1.82, 2.24) is 4.90 Å². The summed E-state index contributed by atoms with van der Waals surface area (Å²) in [5, 5.41) is 0. The van der Waals surface area contributed by atoms with E-state index in [0.717, 1.165) is 17.5 Å². The highest BCUT2D eigenvalue weighted by Gasteiger charge is 2.19. The fourth-order valence-electron chi connectivity index (χ4n) is 2.82. The third kappa shape index (κ3) is 4.95. The van der Waals surface area contributed by atoms with Gasteiger partial charge in [0.1, 0.15) is 0 Å². The first-order valence-corrected chi connectivity index (χ1v) is 8.35. The Morgan fingerprint density at radius 1 is 0.913 bits per heavy atom. The second kappa shape index (κ2) is 7.96. The molecule has 2 aromatic rings. The van der Waals surface area contributed by atoms with E-state index in [1.807, 2.05) is 37.1 Å². The van der Waals surface area contributed by atoms with E-state index in [-0.39, 0.29) is 11.8 Å². The van der Waals surface area contributed by atoms with Crippen molar-refractivity contribution in [2.24, 2.45) is 5.92 Å². The lowest BCUT2D eigenvalue weighted by atomic mass is 9.96. The molecule has 1 amide bonds. The Morgan fingerprint density at radius 2 is 1.52 bits per heavy atom. The van der Waals surface area contributed by atoms with Gasteiger partial charge in [0.25, 0.3) is 0 Å². The molecule has 0 N–H and O–H groups in total. The van der Waals surface area contributed by atoms with Gasteiger partial charge in [-0.1, -0.05) is 68.4 Å². The SMILES string of the molecule is CC(C)Cc1ccc(C(C)C(=O)N(C)Cc2ccccc2)cc1. The van der Waals surface area contributed by atoms with Crippen LogP contribution in [0.5, 0.6) is 0 Å². The Morgan fingerprint density at radius 3 is 2.09 bits per heavy atom. The second-order valence-electron chi connectivity index (χ2n) is 6.74. The summed E-state index contributed by atoms with van der Waals surface area (Å²) in [4.78, 5) is 14.4. The highest BCUT2D eigenvalue weighted by molar-refractivity contribution is 5.83. The van der Waals surface area contributed by atoms with Crippen LogP contribution in [0.4, 0.5) is 0 Å². The van der Waals surface area contributed by atoms with E-state index in [1.54, 1.807) is 0 Å². The maximum Gasteiger partial charge on any atom is 0.229 e. The molecule has 2 nitrogen and oxygen atoms in total. The van der Waals surface area contributed by atoms with Gasteiger partial charge >= 0.3 is 0 Å². The summed E-state index contributed by atoms with van der Waals surface area (Å²) in [5.41, 5.74) is 3.58. The van der Waals surface area contributed by atoms with Crippen LogP contribution in [0.2, 0.25) is 0 Å². The first kappa shape index (κ1) is 17.3. The molecule has 2 heteroatoms. The van der Waals surface area contributed by atoms with E-state index in [1.165, 1.54) is 5.56 Å². The topological polar surface area (TPSA) is 20.3 Å². The van der Waals surface area contributed by atoms with Gasteiger partial charge in [0.2, 0.25) is 5.91 Å². The van der Waals surface area contributed by atoms with E-state index in [4.69, 9.17) is 0 Å². The van der Waals surface area contributed by atoms with Gasteiger partial charge in [-0.15, -0.1) is 0 Å². The summed E-state index contributed by atoms with van der Waals surface area (Å²) in [6.45, 7) is 7.08. The first-order valence-electron chi connectivity index (χ1n) is 8.35. The number of carbonyl (C=O) groups is 1. The third-order valence-electron chi connectivity index (χ3n) is 4.13. The lowest BCUT2D eigenvalue weighted by Gasteiger charge is -2.22. The average molecular weight is 309 g/mol. The molecule has 0 saturated carbocycles. The predicted octanol–water partition coefficient (Wildman–Crippen LogP) is 4.65. The fourth-order valence-corrected chi connectivity index (χ4v) is 2.82. The van der Waals surface area contributed by atoms with Gasteiger partial charge in [0.05, 0.1) is 5.92 Å². The molecule has 0 radical (unpaired) electrons. The molecule has 0 saturated heterocycles. The van der Waals surface area contributed by atoms with Gasteiger partial charge in [-0.2, -0.15) is 0 Å². The molecule has 0 aromatic heterocycles. The average Bonchev–Trinajstić information content (AvgIpc) is 2.54. The summed E-state index contributed by atoms with van der Waals surface area (Å²) < 4.78 is 0. The van der Waals surface area contributed by atoms with Crippen LogP contribution >= 0.6 is 0 Å². The van der Waals surface area contributed by atoms with Gasteiger partial charge in [-0.05, 0) is 36.0 Å².